The van der Waals surface area contributed by atoms with Crippen LogP contribution in [0.3, 0.4) is 0 Å². The van der Waals surface area contributed by atoms with E-state index in [9.17, 15) is 0 Å². The number of ether oxygens (including phenoxy) is 2. The standard InChI is InChI=1S/C13H26N2O2/c1-14-12(6-5-11-4-3-8-16-11)13-10-15(2)7-9-17-13/h11-14H,3-10H2,1-2H3. The third kappa shape index (κ3) is 3.91. The molecule has 2 rings (SSSR count). The number of likely N-dealkylation sites (N-methyl/N-ethyl adjacent to an activating group) is 2. The minimum Gasteiger partial charge on any atom is -0.378 e. The molecule has 17 heavy (non-hydrogen) atoms. The summed E-state index contributed by atoms with van der Waals surface area (Å²) in [7, 11) is 4.21. The molecule has 4 heteroatoms. The lowest BCUT2D eigenvalue weighted by molar-refractivity contribution is -0.0408. The first-order chi connectivity index (χ1) is 8.29. The van der Waals surface area contributed by atoms with Gasteiger partial charge in [-0.2, -0.15) is 0 Å². The Hall–Kier alpha value is -0.160. The van der Waals surface area contributed by atoms with Crippen LogP contribution in [0.2, 0.25) is 0 Å². The Bertz CT molecular complexity index is 219. The van der Waals surface area contributed by atoms with Crippen molar-refractivity contribution in [1.29, 1.82) is 0 Å². The Morgan fingerprint density at radius 2 is 2.24 bits per heavy atom. The van der Waals surface area contributed by atoms with Gasteiger partial charge in [0.15, 0.2) is 0 Å². The molecule has 0 aromatic heterocycles. The van der Waals surface area contributed by atoms with Crippen molar-refractivity contribution in [2.24, 2.45) is 0 Å². The largest absolute Gasteiger partial charge is 0.378 e. The Kier molecular flexibility index (Phi) is 5.22. The van der Waals surface area contributed by atoms with Gasteiger partial charge >= 0.3 is 0 Å². The van der Waals surface area contributed by atoms with E-state index in [1.165, 1.54) is 12.8 Å². The molecule has 3 atom stereocenters. The van der Waals surface area contributed by atoms with E-state index < -0.39 is 0 Å². The molecule has 2 heterocycles. The maximum atomic E-state index is 5.87. The molecule has 0 aromatic carbocycles. The zero-order valence-electron chi connectivity index (χ0n) is 11.2. The van der Waals surface area contributed by atoms with Crippen molar-refractivity contribution in [1.82, 2.24) is 10.2 Å². The first-order valence-corrected chi connectivity index (χ1v) is 6.88. The summed E-state index contributed by atoms with van der Waals surface area (Å²) in [6.45, 7) is 3.91. The van der Waals surface area contributed by atoms with Gasteiger partial charge in [-0.1, -0.05) is 0 Å². The minimum absolute atomic E-state index is 0.333. The Morgan fingerprint density at radius 3 is 2.88 bits per heavy atom. The highest BCUT2D eigenvalue weighted by molar-refractivity contribution is 4.82. The van der Waals surface area contributed by atoms with Crippen LogP contribution in [0.1, 0.15) is 25.7 Å². The lowest BCUT2D eigenvalue weighted by atomic mass is 10.0. The van der Waals surface area contributed by atoms with E-state index in [0.29, 0.717) is 18.2 Å². The van der Waals surface area contributed by atoms with Gasteiger partial charge in [-0.15, -0.1) is 0 Å². The van der Waals surface area contributed by atoms with Crippen LogP contribution in [-0.2, 0) is 9.47 Å². The lowest BCUT2D eigenvalue weighted by Crippen LogP contribution is -2.50. The van der Waals surface area contributed by atoms with Gasteiger partial charge in [0.05, 0.1) is 18.8 Å². The summed E-state index contributed by atoms with van der Waals surface area (Å²) in [4.78, 5) is 2.35. The molecule has 2 fully saturated rings. The number of morpholine rings is 1. The third-order valence-electron chi connectivity index (χ3n) is 3.94. The number of hydrogen-bond donors (Lipinski definition) is 1. The molecule has 0 spiro atoms. The van der Waals surface area contributed by atoms with E-state index in [4.69, 9.17) is 9.47 Å². The second kappa shape index (κ2) is 6.69. The van der Waals surface area contributed by atoms with Crippen molar-refractivity contribution >= 4 is 0 Å². The highest BCUT2D eigenvalue weighted by Crippen LogP contribution is 2.20. The average molecular weight is 242 g/mol. The molecule has 2 aliphatic rings. The molecular formula is C13H26N2O2. The van der Waals surface area contributed by atoms with Crippen molar-refractivity contribution in [2.45, 2.75) is 43.9 Å². The molecule has 3 unspecified atom stereocenters. The van der Waals surface area contributed by atoms with Gasteiger partial charge in [0.2, 0.25) is 0 Å². The highest BCUT2D eigenvalue weighted by Gasteiger charge is 2.27. The maximum absolute atomic E-state index is 5.87. The maximum Gasteiger partial charge on any atom is 0.0855 e. The highest BCUT2D eigenvalue weighted by atomic mass is 16.5. The van der Waals surface area contributed by atoms with E-state index >= 15 is 0 Å². The van der Waals surface area contributed by atoms with Gasteiger partial charge in [-0.05, 0) is 39.8 Å². The van der Waals surface area contributed by atoms with Gasteiger partial charge in [-0.3, -0.25) is 0 Å². The lowest BCUT2D eigenvalue weighted by Gasteiger charge is -2.35. The van der Waals surface area contributed by atoms with E-state index in [-0.39, 0.29) is 0 Å². The first-order valence-electron chi connectivity index (χ1n) is 6.88. The van der Waals surface area contributed by atoms with Gasteiger partial charge in [0.1, 0.15) is 0 Å². The predicted octanol–water partition coefficient (Wildman–Crippen LogP) is 0.864. The van der Waals surface area contributed by atoms with Gasteiger partial charge in [0, 0.05) is 25.7 Å². The van der Waals surface area contributed by atoms with Crippen LogP contribution in [-0.4, -0.2) is 63.5 Å². The quantitative estimate of drug-likeness (QED) is 0.775. The molecule has 0 radical (unpaired) electrons. The second-order valence-corrected chi connectivity index (χ2v) is 5.28. The molecular weight excluding hydrogens is 216 g/mol. The summed E-state index contributed by atoms with van der Waals surface area (Å²) in [6, 6.07) is 0.460. The van der Waals surface area contributed by atoms with E-state index in [0.717, 1.165) is 39.1 Å². The predicted molar refractivity (Wildman–Crippen MR) is 68.3 cm³/mol. The zero-order valence-corrected chi connectivity index (χ0v) is 11.2. The van der Waals surface area contributed by atoms with Crippen LogP contribution < -0.4 is 5.32 Å². The fraction of sp³-hybridized carbons (Fsp3) is 1.00. The fourth-order valence-corrected chi connectivity index (χ4v) is 2.81. The molecule has 0 aliphatic carbocycles. The van der Waals surface area contributed by atoms with Crippen molar-refractivity contribution in [3.05, 3.63) is 0 Å². The summed E-state index contributed by atoms with van der Waals surface area (Å²) in [5, 5.41) is 3.41. The minimum atomic E-state index is 0.333. The summed E-state index contributed by atoms with van der Waals surface area (Å²) in [5.74, 6) is 0. The van der Waals surface area contributed by atoms with Crippen molar-refractivity contribution in [2.75, 3.05) is 40.4 Å². The molecule has 1 N–H and O–H groups in total. The smallest absolute Gasteiger partial charge is 0.0855 e. The SMILES string of the molecule is CNC(CCC1CCCO1)C1CN(C)CCO1. The van der Waals surface area contributed by atoms with Crippen LogP contribution in [0, 0.1) is 0 Å². The molecule has 0 aromatic rings. The topological polar surface area (TPSA) is 33.7 Å². The monoisotopic (exact) mass is 242 g/mol. The normalized spacial score (nSPS) is 32.8. The van der Waals surface area contributed by atoms with Crippen molar-refractivity contribution < 1.29 is 9.47 Å². The first kappa shape index (κ1) is 13.3. The number of rotatable bonds is 5. The summed E-state index contributed by atoms with van der Waals surface area (Å²) in [5.41, 5.74) is 0. The third-order valence-corrected chi connectivity index (χ3v) is 3.94. The van der Waals surface area contributed by atoms with E-state index in [1.54, 1.807) is 0 Å². The molecule has 2 aliphatic heterocycles. The Labute approximate surface area is 105 Å². The number of hydrogen-bond acceptors (Lipinski definition) is 4. The van der Waals surface area contributed by atoms with E-state index in [1.807, 2.05) is 7.05 Å². The zero-order chi connectivity index (χ0) is 12.1. The molecule has 0 amide bonds. The Balaban J connectivity index is 1.74. The van der Waals surface area contributed by atoms with Gasteiger partial charge in [-0.25, -0.2) is 0 Å². The molecule has 2 saturated heterocycles. The van der Waals surface area contributed by atoms with Crippen LogP contribution in [0.5, 0.6) is 0 Å². The van der Waals surface area contributed by atoms with E-state index in [2.05, 4.69) is 17.3 Å². The average Bonchev–Trinajstić information content (AvgIpc) is 2.83. The Morgan fingerprint density at radius 1 is 1.35 bits per heavy atom. The molecule has 100 valence electrons. The second-order valence-electron chi connectivity index (χ2n) is 5.28. The molecule has 0 bridgehead atoms. The summed E-state index contributed by atoms with van der Waals surface area (Å²) in [6.07, 6.45) is 5.61. The van der Waals surface area contributed by atoms with Crippen molar-refractivity contribution in [3.8, 4) is 0 Å². The number of nitrogens with zero attached hydrogens (tertiary/aromatic N) is 1. The molecule has 0 saturated carbocycles. The van der Waals surface area contributed by atoms with Crippen LogP contribution >= 0.6 is 0 Å². The molecule has 4 nitrogen and oxygen atoms in total. The summed E-state index contributed by atoms with van der Waals surface area (Å²) >= 11 is 0. The van der Waals surface area contributed by atoms with Crippen LogP contribution in [0.25, 0.3) is 0 Å². The van der Waals surface area contributed by atoms with Crippen LogP contribution in [0.4, 0.5) is 0 Å². The van der Waals surface area contributed by atoms with Gasteiger partial charge in [0.25, 0.3) is 0 Å². The summed E-state index contributed by atoms with van der Waals surface area (Å²) < 4.78 is 11.5. The van der Waals surface area contributed by atoms with Crippen LogP contribution in [0.15, 0.2) is 0 Å². The van der Waals surface area contributed by atoms with Gasteiger partial charge < -0.3 is 19.7 Å². The fourth-order valence-electron chi connectivity index (χ4n) is 2.81. The van der Waals surface area contributed by atoms with Crippen molar-refractivity contribution in [3.63, 3.8) is 0 Å². The number of nitrogens with one attached hydrogen (secondary N) is 1.